The Bertz CT molecular complexity index is 172. The molecule has 1 aliphatic rings. The number of hydrogen-bond acceptors (Lipinski definition) is 2. The topological polar surface area (TPSA) is 12.0 Å². The van der Waals surface area contributed by atoms with Crippen molar-refractivity contribution < 1.29 is 0 Å². The van der Waals surface area contributed by atoms with E-state index in [1.54, 1.807) is 0 Å². The fourth-order valence-electron chi connectivity index (χ4n) is 2.72. The molecule has 16 heavy (non-hydrogen) atoms. The molecule has 0 amide bonds. The summed E-state index contributed by atoms with van der Waals surface area (Å²) in [6.07, 6.45) is 13.4. The molecule has 1 fully saturated rings. The van der Waals surface area contributed by atoms with Gasteiger partial charge in [-0.2, -0.15) is 11.8 Å². The normalized spacial score (nSPS) is 27.9. The number of hydrogen-bond donors (Lipinski definition) is 1. The molecule has 3 unspecified atom stereocenters. The quantitative estimate of drug-likeness (QED) is 0.672. The number of thioether (sulfide) groups is 1. The van der Waals surface area contributed by atoms with E-state index in [2.05, 4.69) is 37.2 Å². The van der Waals surface area contributed by atoms with Gasteiger partial charge in [-0.05, 0) is 32.4 Å². The van der Waals surface area contributed by atoms with Crippen molar-refractivity contribution in [3.63, 3.8) is 0 Å². The summed E-state index contributed by atoms with van der Waals surface area (Å²) in [6, 6.07) is 1.49. The van der Waals surface area contributed by atoms with Gasteiger partial charge in [0.05, 0.1) is 0 Å². The number of nitrogens with one attached hydrogen (secondary N) is 1. The van der Waals surface area contributed by atoms with Crippen LogP contribution < -0.4 is 5.32 Å². The predicted molar refractivity (Wildman–Crippen MR) is 76.3 cm³/mol. The van der Waals surface area contributed by atoms with Crippen molar-refractivity contribution in [2.45, 2.75) is 82.5 Å². The monoisotopic (exact) mass is 243 g/mol. The minimum atomic E-state index is 0.712. The zero-order valence-electron chi connectivity index (χ0n) is 11.3. The largest absolute Gasteiger partial charge is 0.310 e. The molecule has 1 N–H and O–H groups in total. The van der Waals surface area contributed by atoms with Crippen molar-refractivity contribution in [1.82, 2.24) is 5.32 Å². The molecule has 1 rings (SSSR count). The molecule has 0 aromatic carbocycles. The van der Waals surface area contributed by atoms with Crippen LogP contribution in [0.25, 0.3) is 0 Å². The Morgan fingerprint density at radius 1 is 1.25 bits per heavy atom. The van der Waals surface area contributed by atoms with Gasteiger partial charge in [0.15, 0.2) is 0 Å². The first kappa shape index (κ1) is 14.4. The molecule has 0 heterocycles. The Hall–Kier alpha value is 0.310. The summed E-state index contributed by atoms with van der Waals surface area (Å²) in [5.74, 6) is 0. The molecule has 0 bridgehead atoms. The van der Waals surface area contributed by atoms with Crippen molar-refractivity contribution in [1.29, 1.82) is 0 Å². The van der Waals surface area contributed by atoms with E-state index < -0.39 is 0 Å². The van der Waals surface area contributed by atoms with Gasteiger partial charge < -0.3 is 5.32 Å². The van der Waals surface area contributed by atoms with Crippen molar-refractivity contribution in [3.8, 4) is 0 Å². The summed E-state index contributed by atoms with van der Waals surface area (Å²) in [4.78, 5) is 0. The average molecular weight is 243 g/mol. The fourth-order valence-corrected chi connectivity index (χ4v) is 3.66. The second-order valence-electron chi connectivity index (χ2n) is 5.23. The lowest BCUT2D eigenvalue weighted by Crippen LogP contribution is -2.44. The maximum Gasteiger partial charge on any atom is 0.0198 e. The third-order valence-electron chi connectivity index (χ3n) is 3.74. The molecule has 0 aliphatic heterocycles. The summed E-state index contributed by atoms with van der Waals surface area (Å²) < 4.78 is 0. The van der Waals surface area contributed by atoms with E-state index >= 15 is 0 Å². The molecule has 3 atom stereocenters. The van der Waals surface area contributed by atoms with E-state index in [0.717, 1.165) is 11.3 Å². The van der Waals surface area contributed by atoms with Crippen molar-refractivity contribution >= 4 is 11.8 Å². The predicted octanol–water partition coefficient (Wildman–Crippen LogP) is 4.22. The molecule has 96 valence electrons. The van der Waals surface area contributed by atoms with Gasteiger partial charge in [0.1, 0.15) is 0 Å². The van der Waals surface area contributed by atoms with Gasteiger partial charge in [-0.15, -0.1) is 0 Å². The molecule has 0 spiro atoms. The van der Waals surface area contributed by atoms with Crippen molar-refractivity contribution in [2.75, 3.05) is 6.26 Å². The summed E-state index contributed by atoms with van der Waals surface area (Å²) in [5, 5.41) is 4.72. The van der Waals surface area contributed by atoms with Crippen molar-refractivity contribution in [3.05, 3.63) is 0 Å². The second-order valence-corrected chi connectivity index (χ2v) is 6.31. The first-order valence-electron chi connectivity index (χ1n) is 7.06. The molecule has 0 saturated heterocycles. The van der Waals surface area contributed by atoms with Crippen LogP contribution in [0.2, 0.25) is 0 Å². The van der Waals surface area contributed by atoms with Crippen LogP contribution in [0.1, 0.15) is 65.2 Å². The summed E-state index contributed by atoms with van der Waals surface area (Å²) in [6.45, 7) is 4.64. The molecular formula is C14H29NS. The van der Waals surface area contributed by atoms with E-state index in [1.807, 2.05) is 0 Å². The smallest absolute Gasteiger partial charge is 0.0198 e. The molecular weight excluding hydrogens is 214 g/mol. The van der Waals surface area contributed by atoms with Crippen molar-refractivity contribution in [2.24, 2.45) is 0 Å². The van der Waals surface area contributed by atoms with E-state index in [1.165, 1.54) is 51.4 Å². The molecule has 2 heteroatoms. The van der Waals surface area contributed by atoms with Gasteiger partial charge in [0.2, 0.25) is 0 Å². The molecule has 1 nitrogen and oxygen atoms in total. The second kappa shape index (κ2) is 8.41. The first-order valence-corrected chi connectivity index (χ1v) is 8.35. The van der Waals surface area contributed by atoms with Gasteiger partial charge in [0.25, 0.3) is 0 Å². The summed E-state index contributed by atoms with van der Waals surface area (Å²) in [5.41, 5.74) is 0. The van der Waals surface area contributed by atoms with Gasteiger partial charge in [0, 0.05) is 17.3 Å². The van der Waals surface area contributed by atoms with E-state index in [-0.39, 0.29) is 0 Å². The minimum Gasteiger partial charge on any atom is -0.310 e. The molecule has 1 saturated carbocycles. The maximum absolute atomic E-state index is 3.86. The first-order chi connectivity index (χ1) is 7.77. The van der Waals surface area contributed by atoms with Crippen LogP contribution in [0.15, 0.2) is 0 Å². The zero-order chi connectivity index (χ0) is 11.8. The fraction of sp³-hybridized carbons (Fsp3) is 1.00. The van der Waals surface area contributed by atoms with Crippen LogP contribution in [-0.4, -0.2) is 23.6 Å². The highest BCUT2D eigenvalue weighted by Crippen LogP contribution is 2.27. The Morgan fingerprint density at radius 3 is 2.69 bits per heavy atom. The third-order valence-corrected chi connectivity index (χ3v) is 4.91. The third kappa shape index (κ3) is 5.09. The van der Waals surface area contributed by atoms with Crippen LogP contribution in [0, 0.1) is 0 Å². The molecule has 0 aromatic rings. The highest BCUT2D eigenvalue weighted by atomic mass is 32.2. The Kier molecular flexibility index (Phi) is 7.55. The highest BCUT2D eigenvalue weighted by Gasteiger charge is 2.24. The Labute approximate surface area is 106 Å². The minimum absolute atomic E-state index is 0.712. The Morgan fingerprint density at radius 2 is 2.00 bits per heavy atom. The van der Waals surface area contributed by atoms with Gasteiger partial charge in [-0.25, -0.2) is 0 Å². The van der Waals surface area contributed by atoms with Crippen LogP contribution >= 0.6 is 11.8 Å². The van der Waals surface area contributed by atoms with E-state index in [9.17, 15) is 0 Å². The van der Waals surface area contributed by atoms with E-state index in [4.69, 9.17) is 0 Å². The maximum atomic E-state index is 3.86. The SMILES string of the molecule is CCCCCC(C)NC1CCCCC1SC. The van der Waals surface area contributed by atoms with Crippen LogP contribution in [0.5, 0.6) is 0 Å². The summed E-state index contributed by atoms with van der Waals surface area (Å²) >= 11 is 2.06. The lowest BCUT2D eigenvalue weighted by molar-refractivity contribution is 0.341. The number of rotatable bonds is 7. The lowest BCUT2D eigenvalue weighted by atomic mass is 9.94. The van der Waals surface area contributed by atoms with Gasteiger partial charge in [-0.1, -0.05) is 39.0 Å². The van der Waals surface area contributed by atoms with E-state index in [0.29, 0.717) is 6.04 Å². The van der Waals surface area contributed by atoms with Crippen LogP contribution in [0.3, 0.4) is 0 Å². The molecule has 0 radical (unpaired) electrons. The number of unbranched alkanes of at least 4 members (excludes halogenated alkanes) is 2. The van der Waals surface area contributed by atoms with Crippen LogP contribution in [0.4, 0.5) is 0 Å². The average Bonchev–Trinajstić information content (AvgIpc) is 2.30. The van der Waals surface area contributed by atoms with Gasteiger partial charge >= 0.3 is 0 Å². The highest BCUT2D eigenvalue weighted by molar-refractivity contribution is 7.99. The molecule has 0 aromatic heterocycles. The van der Waals surface area contributed by atoms with Gasteiger partial charge in [-0.3, -0.25) is 0 Å². The zero-order valence-corrected chi connectivity index (χ0v) is 12.1. The molecule has 1 aliphatic carbocycles. The Balaban J connectivity index is 2.22. The lowest BCUT2D eigenvalue weighted by Gasteiger charge is -2.33. The van der Waals surface area contributed by atoms with Crippen LogP contribution in [-0.2, 0) is 0 Å². The standard InChI is InChI=1S/C14H29NS/c1-4-5-6-9-12(2)15-13-10-7-8-11-14(13)16-3/h12-15H,4-11H2,1-3H3. The summed E-state index contributed by atoms with van der Waals surface area (Å²) in [7, 11) is 0.